The highest BCUT2D eigenvalue weighted by Crippen LogP contribution is 2.06. The van der Waals surface area contributed by atoms with Crippen molar-refractivity contribution < 1.29 is 8.42 Å². The number of aromatic nitrogens is 2. The summed E-state index contributed by atoms with van der Waals surface area (Å²) in [4.78, 5) is 0. The van der Waals surface area contributed by atoms with E-state index in [1.165, 1.54) is 6.26 Å². The van der Waals surface area contributed by atoms with Gasteiger partial charge in [0.15, 0.2) is 0 Å². The first-order valence-electron chi connectivity index (χ1n) is 5.32. The van der Waals surface area contributed by atoms with Gasteiger partial charge in [0.2, 0.25) is 0 Å². The van der Waals surface area contributed by atoms with Crippen LogP contribution in [0.2, 0.25) is 0 Å². The molecule has 1 rings (SSSR count). The Kier molecular flexibility index (Phi) is 4.49. The Labute approximate surface area is 96.8 Å². The lowest BCUT2D eigenvalue weighted by Crippen LogP contribution is -2.22. The van der Waals surface area contributed by atoms with Crippen LogP contribution in [0, 0.1) is 0 Å². The molecule has 0 aliphatic rings. The molecule has 1 heterocycles. The van der Waals surface area contributed by atoms with E-state index in [0.717, 1.165) is 17.7 Å². The van der Waals surface area contributed by atoms with Crippen molar-refractivity contribution in [2.24, 2.45) is 7.05 Å². The van der Waals surface area contributed by atoms with Crippen LogP contribution in [0.4, 0.5) is 0 Å². The Balaban J connectivity index is 2.42. The highest BCUT2D eigenvalue weighted by atomic mass is 32.2. The molecular formula is C10H19N3O2S. The predicted molar refractivity (Wildman–Crippen MR) is 64.0 cm³/mol. The van der Waals surface area contributed by atoms with E-state index in [2.05, 4.69) is 17.3 Å². The molecule has 0 aliphatic carbocycles. The lowest BCUT2D eigenvalue weighted by Gasteiger charge is -2.03. The first-order valence-corrected chi connectivity index (χ1v) is 7.38. The third-order valence-electron chi connectivity index (χ3n) is 2.29. The topological polar surface area (TPSA) is 64.0 Å². The van der Waals surface area contributed by atoms with Crippen molar-refractivity contribution in [2.45, 2.75) is 19.9 Å². The van der Waals surface area contributed by atoms with Gasteiger partial charge in [-0.15, -0.1) is 0 Å². The molecule has 0 unspecified atom stereocenters. The van der Waals surface area contributed by atoms with Crippen molar-refractivity contribution in [3.8, 4) is 0 Å². The maximum atomic E-state index is 10.9. The second-order valence-corrected chi connectivity index (χ2v) is 6.19. The van der Waals surface area contributed by atoms with Gasteiger partial charge in [0.1, 0.15) is 9.84 Å². The molecule has 0 spiro atoms. The van der Waals surface area contributed by atoms with Crippen LogP contribution in [0.25, 0.3) is 0 Å². The van der Waals surface area contributed by atoms with Crippen molar-refractivity contribution in [3.05, 3.63) is 17.5 Å². The van der Waals surface area contributed by atoms with E-state index < -0.39 is 9.84 Å². The molecule has 0 saturated heterocycles. The highest BCUT2D eigenvalue weighted by Gasteiger charge is 2.06. The molecule has 0 saturated carbocycles. The van der Waals surface area contributed by atoms with Gasteiger partial charge >= 0.3 is 0 Å². The SMILES string of the molecule is CCc1nn(C)cc1CNCCS(C)(=O)=O. The molecule has 1 aromatic rings. The van der Waals surface area contributed by atoms with Crippen molar-refractivity contribution >= 4 is 9.84 Å². The molecule has 0 aliphatic heterocycles. The van der Waals surface area contributed by atoms with Crippen LogP contribution in [-0.4, -0.2) is 36.8 Å². The summed E-state index contributed by atoms with van der Waals surface area (Å²) in [5.41, 5.74) is 2.20. The summed E-state index contributed by atoms with van der Waals surface area (Å²) >= 11 is 0. The van der Waals surface area contributed by atoms with E-state index in [9.17, 15) is 8.42 Å². The van der Waals surface area contributed by atoms with Crippen LogP contribution in [-0.2, 0) is 29.9 Å². The molecule has 5 nitrogen and oxygen atoms in total. The number of nitrogens with zero attached hydrogens (tertiary/aromatic N) is 2. The quantitative estimate of drug-likeness (QED) is 0.723. The number of hydrogen-bond acceptors (Lipinski definition) is 4. The average Bonchev–Trinajstić information content (AvgIpc) is 2.52. The number of rotatable bonds is 6. The van der Waals surface area contributed by atoms with Crippen LogP contribution in [0.3, 0.4) is 0 Å². The maximum absolute atomic E-state index is 10.9. The van der Waals surface area contributed by atoms with Crippen LogP contribution >= 0.6 is 0 Å². The van der Waals surface area contributed by atoms with E-state index in [4.69, 9.17) is 0 Å². The first kappa shape index (κ1) is 13.2. The zero-order chi connectivity index (χ0) is 12.2. The van der Waals surface area contributed by atoms with E-state index in [-0.39, 0.29) is 5.75 Å². The molecular weight excluding hydrogens is 226 g/mol. The maximum Gasteiger partial charge on any atom is 0.148 e. The minimum Gasteiger partial charge on any atom is -0.312 e. The molecule has 0 amide bonds. The molecule has 0 radical (unpaired) electrons. The van der Waals surface area contributed by atoms with Crippen LogP contribution in [0.1, 0.15) is 18.2 Å². The first-order chi connectivity index (χ1) is 7.42. The van der Waals surface area contributed by atoms with E-state index in [1.54, 1.807) is 4.68 Å². The minimum absolute atomic E-state index is 0.175. The van der Waals surface area contributed by atoms with Gasteiger partial charge in [0.05, 0.1) is 11.4 Å². The molecule has 0 atom stereocenters. The smallest absolute Gasteiger partial charge is 0.148 e. The standard InChI is InChI=1S/C10H19N3O2S/c1-4-10-9(8-13(2)12-10)7-11-5-6-16(3,14)15/h8,11H,4-7H2,1-3H3. The summed E-state index contributed by atoms with van der Waals surface area (Å²) in [7, 11) is -0.984. The molecule has 1 N–H and O–H groups in total. The van der Waals surface area contributed by atoms with Crippen LogP contribution in [0.5, 0.6) is 0 Å². The predicted octanol–water partition coefficient (Wildman–Crippen LogP) is 0.117. The van der Waals surface area contributed by atoms with Crippen molar-refractivity contribution in [1.82, 2.24) is 15.1 Å². The fraction of sp³-hybridized carbons (Fsp3) is 0.700. The third kappa shape index (κ3) is 4.32. The average molecular weight is 245 g/mol. The van der Waals surface area contributed by atoms with E-state index >= 15 is 0 Å². The van der Waals surface area contributed by atoms with E-state index in [0.29, 0.717) is 13.1 Å². The molecule has 0 fully saturated rings. The van der Waals surface area contributed by atoms with Gasteiger partial charge in [-0.2, -0.15) is 5.10 Å². The third-order valence-corrected chi connectivity index (χ3v) is 3.24. The van der Waals surface area contributed by atoms with Gasteiger partial charge in [-0.25, -0.2) is 8.42 Å². The Hall–Kier alpha value is -0.880. The number of aryl methyl sites for hydroxylation is 2. The van der Waals surface area contributed by atoms with Crippen molar-refractivity contribution in [1.29, 1.82) is 0 Å². The summed E-state index contributed by atoms with van der Waals surface area (Å²) in [6.45, 7) is 3.21. The molecule has 0 aromatic carbocycles. The van der Waals surface area contributed by atoms with Gasteiger partial charge in [-0.3, -0.25) is 4.68 Å². The Morgan fingerprint density at radius 1 is 1.50 bits per heavy atom. The number of hydrogen-bond donors (Lipinski definition) is 1. The monoisotopic (exact) mass is 245 g/mol. The second-order valence-electron chi connectivity index (χ2n) is 3.93. The number of nitrogens with one attached hydrogen (secondary N) is 1. The van der Waals surface area contributed by atoms with Gasteiger partial charge in [0.25, 0.3) is 0 Å². The summed E-state index contributed by atoms with van der Waals surface area (Å²) in [5.74, 6) is 0.175. The Morgan fingerprint density at radius 2 is 2.19 bits per heavy atom. The van der Waals surface area contributed by atoms with Crippen molar-refractivity contribution in [3.63, 3.8) is 0 Å². The fourth-order valence-corrected chi connectivity index (χ4v) is 2.02. The van der Waals surface area contributed by atoms with Gasteiger partial charge in [-0.05, 0) is 6.42 Å². The molecule has 6 heteroatoms. The lowest BCUT2D eigenvalue weighted by atomic mass is 10.2. The van der Waals surface area contributed by atoms with Crippen LogP contribution < -0.4 is 5.32 Å². The lowest BCUT2D eigenvalue weighted by molar-refractivity contribution is 0.596. The fourth-order valence-electron chi connectivity index (χ4n) is 1.51. The summed E-state index contributed by atoms with van der Waals surface area (Å²) in [5, 5.41) is 7.43. The van der Waals surface area contributed by atoms with Gasteiger partial charge < -0.3 is 5.32 Å². The molecule has 16 heavy (non-hydrogen) atoms. The van der Waals surface area contributed by atoms with Crippen molar-refractivity contribution in [2.75, 3.05) is 18.6 Å². The highest BCUT2D eigenvalue weighted by molar-refractivity contribution is 7.90. The summed E-state index contributed by atoms with van der Waals surface area (Å²) in [6.07, 6.45) is 4.10. The molecule has 92 valence electrons. The second kappa shape index (κ2) is 5.45. The van der Waals surface area contributed by atoms with Crippen LogP contribution in [0.15, 0.2) is 6.20 Å². The minimum atomic E-state index is -2.87. The normalized spacial score (nSPS) is 11.9. The summed E-state index contributed by atoms with van der Waals surface area (Å²) in [6, 6.07) is 0. The van der Waals surface area contributed by atoms with E-state index in [1.807, 2.05) is 13.2 Å². The zero-order valence-electron chi connectivity index (χ0n) is 10.0. The Bertz CT molecular complexity index is 437. The summed E-state index contributed by atoms with van der Waals surface area (Å²) < 4.78 is 23.6. The number of sulfone groups is 1. The largest absolute Gasteiger partial charge is 0.312 e. The molecule has 0 bridgehead atoms. The Morgan fingerprint density at radius 3 is 2.75 bits per heavy atom. The van der Waals surface area contributed by atoms with Gasteiger partial charge in [-0.1, -0.05) is 6.92 Å². The molecule has 1 aromatic heterocycles. The van der Waals surface area contributed by atoms with Gasteiger partial charge in [0, 0.05) is 38.2 Å². The zero-order valence-corrected chi connectivity index (χ0v) is 10.8.